The zero-order chi connectivity index (χ0) is 73.2. The maximum absolute atomic E-state index is 13.1. The summed E-state index contributed by atoms with van der Waals surface area (Å²) in [5.74, 6) is -2.36. The molecule has 0 amide bonds. The lowest BCUT2D eigenvalue weighted by molar-refractivity contribution is -0.161. The fourth-order valence-electron chi connectivity index (χ4n) is 9.85. The fraction of sp³-hybridized carbons (Fsp3) is 0.679. The molecular formula is C81H136O17P2. The van der Waals surface area contributed by atoms with Gasteiger partial charge in [-0.25, -0.2) is 9.13 Å². The van der Waals surface area contributed by atoms with E-state index in [1.54, 1.807) is 6.08 Å². The van der Waals surface area contributed by atoms with Gasteiger partial charge in [0, 0.05) is 19.3 Å². The van der Waals surface area contributed by atoms with Crippen LogP contribution in [0.2, 0.25) is 0 Å². The van der Waals surface area contributed by atoms with Gasteiger partial charge in [0.2, 0.25) is 0 Å². The third-order valence-electron chi connectivity index (χ3n) is 15.6. The summed E-state index contributed by atoms with van der Waals surface area (Å²) >= 11 is 0. The molecule has 0 fully saturated rings. The van der Waals surface area contributed by atoms with E-state index in [2.05, 4.69) is 137 Å². The monoisotopic (exact) mass is 1440 g/mol. The number of aliphatic hydroxyl groups excluding tert-OH is 1. The third-order valence-corrected chi connectivity index (χ3v) is 17.5. The van der Waals surface area contributed by atoms with Crippen LogP contribution in [-0.4, -0.2) is 96.7 Å². The quantitative estimate of drug-likeness (QED) is 0.0169. The van der Waals surface area contributed by atoms with Gasteiger partial charge in [0.1, 0.15) is 19.3 Å². The van der Waals surface area contributed by atoms with Crippen molar-refractivity contribution in [1.29, 1.82) is 0 Å². The molecule has 17 nitrogen and oxygen atoms in total. The van der Waals surface area contributed by atoms with Gasteiger partial charge in [0.05, 0.1) is 32.8 Å². The normalized spacial score (nSPS) is 14.7. The Morgan fingerprint density at radius 1 is 0.300 bits per heavy atom. The van der Waals surface area contributed by atoms with Crippen LogP contribution in [0.1, 0.15) is 297 Å². The number of hydrogen-bond donors (Lipinski definition) is 3. The number of phosphoric acid groups is 2. The molecule has 0 aromatic carbocycles. The standard InChI is InChI=1S/C81H136O17P2/c1-5-9-13-17-21-25-29-33-36-37-40-43-46-50-54-58-62-66-79(84)92-71-76(97-80(85)67-63-59-55-51-47-41-32-28-24-20-16-12-8-4)73-95-99(87,88)93-69-75(82)70-94-100(89,90)96-74-77(98-81(86)68-64-60-56-52-48-44-39-35-31-27-23-19-15-11-7-3)72-91-78(83)65-61-57-53-49-45-42-38-34-30-26-22-18-14-10-6-2/h9-10,13-14,16,20-22,25-26,28,32-34,36,38,40,43,45,49,57,61,75-77,82H,5-8,11-12,15,17-19,23-24,27,29-31,35,37,39,41-42,44,46-48,50-56,58-60,62-74H2,1-4H3,(H,87,88)(H,89,90)/b13-9-,14-10-,20-16-,25-21-,26-22-,32-28-,36-33-,38-34-,43-40-,49-45-,61-57-. The van der Waals surface area contributed by atoms with Gasteiger partial charge in [-0.3, -0.25) is 37.3 Å². The van der Waals surface area contributed by atoms with Crippen LogP contribution in [-0.2, 0) is 65.4 Å². The molecule has 0 heterocycles. The number of esters is 4. The van der Waals surface area contributed by atoms with Gasteiger partial charge in [-0.05, 0) is 116 Å². The van der Waals surface area contributed by atoms with Crippen LogP contribution in [0, 0.1) is 0 Å². The van der Waals surface area contributed by atoms with Crippen LogP contribution in [0.3, 0.4) is 0 Å². The SMILES string of the molecule is CC/C=C\C/C=C\C/C=C\C/C=C\C/C=C\CC(=O)OCC(COP(=O)(O)OCC(O)COP(=O)(O)OCC(COC(=O)CCCCCC/C=C\C/C=C\C/C=C\C/C=C\CC)OC(=O)CCCCCCC/C=C\C/C=C\CCC)OC(=O)CCCCCCCCCCCCCCCCC. The summed E-state index contributed by atoms with van der Waals surface area (Å²) in [4.78, 5) is 72.8. The van der Waals surface area contributed by atoms with E-state index < -0.39 is 97.5 Å². The Kier molecular flexibility index (Phi) is 69.1. The van der Waals surface area contributed by atoms with Crippen molar-refractivity contribution < 1.29 is 80.2 Å². The number of hydrogen-bond acceptors (Lipinski definition) is 15. The Hall–Kier alpha value is -4.80. The minimum Gasteiger partial charge on any atom is -0.462 e. The van der Waals surface area contributed by atoms with E-state index >= 15 is 0 Å². The molecule has 3 N–H and O–H groups in total. The highest BCUT2D eigenvalue weighted by Gasteiger charge is 2.30. The molecule has 0 aliphatic rings. The molecule has 5 atom stereocenters. The number of carbonyl (C=O) groups excluding carboxylic acids is 4. The Balaban J connectivity index is 5.43. The number of rotatable bonds is 71. The number of phosphoric ester groups is 2. The molecule has 0 radical (unpaired) electrons. The molecule has 0 aromatic heterocycles. The lowest BCUT2D eigenvalue weighted by atomic mass is 10.0. The van der Waals surface area contributed by atoms with Crippen LogP contribution in [0.5, 0.6) is 0 Å². The molecular weight excluding hydrogens is 1310 g/mol. The van der Waals surface area contributed by atoms with Crippen molar-refractivity contribution in [2.75, 3.05) is 39.6 Å². The number of allylic oxidation sites excluding steroid dienone is 21. The van der Waals surface area contributed by atoms with Crippen molar-refractivity contribution in [3.8, 4) is 0 Å². The predicted octanol–water partition coefficient (Wildman–Crippen LogP) is 22.1. The van der Waals surface area contributed by atoms with Crippen molar-refractivity contribution >= 4 is 39.5 Å². The van der Waals surface area contributed by atoms with Crippen molar-refractivity contribution in [3.05, 3.63) is 134 Å². The number of carbonyl (C=O) groups is 4. The second-order valence-corrected chi connectivity index (χ2v) is 28.1. The molecule has 572 valence electrons. The van der Waals surface area contributed by atoms with Crippen molar-refractivity contribution in [2.24, 2.45) is 0 Å². The number of aliphatic hydroxyl groups is 1. The van der Waals surface area contributed by atoms with E-state index in [0.29, 0.717) is 25.7 Å². The van der Waals surface area contributed by atoms with Crippen molar-refractivity contribution in [1.82, 2.24) is 0 Å². The van der Waals surface area contributed by atoms with E-state index in [1.165, 1.54) is 64.2 Å². The lowest BCUT2D eigenvalue weighted by Gasteiger charge is -2.21. The van der Waals surface area contributed by atoms with Gasteiger partial charge < -0.3 is 33.8 Å². The van der Waals surface area contributed by atoms with Crippen LogP contribution in [0.25, 0.3) is 0 Å². The zero-order valence-corrected chi connectivity index (χ0v) is 64.1. The van der Waals surface area contributed by atoms with Crippen LogP contribution < -0.4 is 0 Å². The third kappa shape index (κ3) is 71.6. The Bertz CT molecular complexity index is 2420. The van der Waals surface area contributed by atoms with Gasteiger partial charge in [-0.1, -0.05) is 290 Å². The minimum atomic E-state index is -5.00. The van der Waals surface area contributed by atoms with Gasteiger partial charge in [0.15, 0.2) is 12.2 Å². The van der Waals surface area contributed by atoms with E-state index in [-0.39, 0.29) is 25.7 Å². The highest BCUT2D eigenvalue weighted by molar-refractivity contribution is 7.47. The van der Waals surface area contributed by atoms with E-state index in [0.717, 1.165) is 154 Å². The summed E-state index contributed by atoms with van der Waals surface area (Å²) in [5, 5.41) is 10.6. The minimum absolute atomic E-state index is 0.0680. The average Bonchev–Trinajstić information content (AvgIpc) is 0.988. The van der Waals surface area contributed by atoms with Gasteiger partial charge in [0.25, 0.3) is 0 Å². The van der Waals surface area contributed by atoms with E-state index in [9.17, 15) is 43.2 Å². The summed E-state index contributed by atoms with van der Waals surface area (Å²) < 4.78 is 68.3. The second-order valence-electron chi connectivity index (χ2n) is 25.2. The number of ether oxygens (including phenoxy) is 4. The van der Waals surface area contributed by atoms with Gasteiger partial charge in [-0.15, -0.1) is 0 Å². The number of unbranched alkanes of at least 4 members (excludes halogenated alkanes) is 24. The van der Waals surface area contributed by atoms with Gasteiger partial charge in [-0.2, -0.15) is 0 Å². The summed E-state index contributed by atoms with van der Waals surface area (Å²) in [6.07, 6.45) is 80.4. The van der Waals surface area contributed by atoms with E-state index in [4.69, 9.17) is 37.0 Å². The molecule has 100 heavy (non-hydrogen) atoms. The van der Waals surface area contributed by atoms with Crippen LogP contribution in [0.15, 0.2) is 134 Å². The first kappa shape index (κ1) is 95.2. The smallest absolute Gasteiger partial charge is 0.462 e. The highest BCUT2D eigenvalue weighted by Crippen LogP contribution is 2.45. The first-order valence-corrected chi connectivity index (χ1v) is 41.4. The predicted molar refractivity (Wildman–Crippen MR) is 408 cm³/mol. The fourth-order valence-corrected chi connectivity index (χ4v) is 11.4. The van der Waals surface area contributed by atoms with Crippen LogP contribution in [0.4, 0.5) is 0 Å². The van der Waals surface area contributed by atoms with Crippen LogP contribution >= 0.6 is 15.6 Å². The Morgan fingerprint density at radius 2 is 0.580 bits per heavy atom. The lowest BCUT2D eigenvalue weighted by Crippen LogP contribution is -2.30. The molecule has 5 unspecified atom stereocenters. The second kappa shape index (κ2) is 72.5. The summed E-state index contributed by atoms with van der Waals surface area (Å²) in [5.41, 5.74) is 0. The molecule has 0 rings (SSSR count). The molecule has 0 bridgehead atoms. The van der Waals surface area contributed by atoms with Crippen molar-refractivity contribution in [3.63, 3.8) is 0 Å². The Morgan fingerprint density at radius 3 is 0.930 bits per heavy atom. The van der Waals surface area contributed by atoms with E-state index in [1.807, 2.05) is 18.2 Å². The summed E-state index contributed by atoms with van der Waals surface area (Å²) in [7, 11) is -9.99. The summed E-state index contributed by atoms with van der Waals surface area (Å²) in [6, 6.07) is 0. The molecule has 0 aliphatic carbocycles. The first-order chi connectivity index (χ1) is 48.7. The van der Waals surface area contributed by atoms with Gasteiger partial charge >= 0.3 is 39.5 Å². The largest absolute Gasteiger partial charge is 0.472 e. The average molecular weight is 1440 g/mol. The summed E-state index contributed by atoms with van der Waals surface area (Å²) in [6.45, 7) is 4.43. The topological polar surface area (TPSA) is 237 Å². The van der Waals surface area contributed by atoms with Crippen molar-refractivity contribution in [2.45, 2.75) is 316 Å². The molecule has 0 aliphatic heterocycles. The maximum atomic E-state index is 13.1. The molecule has 0 saturated carbocycles. The first-order valence-electron chi connectivity index (χ1n) is 38.4. The highest BCUT2D eigenvalue weighted by atomic mass is 31.2. The maximum Gasteiger partial charge on any atom is 0.472 e. The zero-order valence-electron chi connectivity index (χ0n) is 62.3. The Labute approximate surface area is 605 Å². The molecule has 19 heteroatoms. The molecule has 0 saturated heterocycles. The molecule has 0 spiro atoms. The molecule has 0 aromatic rings.